The first-order valence-corrected chi connectivity index (χ1v) is 6.39. The van der Waals surface area contributed by atoms with Crippen molar-refractivity contribution < 1.29 is 4.79 Å². The zero-order valence-corrected chi connectivity index (χ0v) is 10.7. The normalized spacial score (nSPS) is 10.3. The van der Waals surface area contributed by atoms with Crippen LogP contribution in [0.2, 0.25) is 0 Å². The lowest BCUT2D eigenvalue weighted by Crippen LogP contribution is -1.95. The van der Waals surface area contributed by atoms with Gasteiger partial charge in [0.15, 0.2) is 5.78 Å². The molecule has 1 heteroatoms. The van der Waals surface area contributed by atoms with Gasteiger partial charge in [0.25, 0.3) is 0 Å². The Balaban J connectivity index is 1.90. The molecule has 18 heavy (non-hydrogen) atoms. The minimum Gasteiger partial charge on any atom is -0.295 e. The van der Waals surface area contributed by atoms with Crippen molar-refractivity contribution in [1.82, 2.24) is 0 Å². The van der Waals surface area contributed by atoms with Gasteiger partial charge < -0.3 is 0 Å². The lowest BCUT2D eigenvalue weighted by Gasteiger charge is -2.04. The minimum atomic E-state index is 0.139. The molecule has 1 nitrogen and oxygen atoms in total. The highest BCUT2D eigenvalue weighted by Crippen LogP contribution is 2.10. The second kappa shape index (κ2) is 6.15. The average molecular weight is 238 g/mol. The van der Waals surface area contributed by atoms with E-state index in [0.717, 1.165) is 24.8 Å². The smallest absolute Gasteiger partial charge is 0.159 e. The van der Waals surface area contributed by atoms with E-state index in [9.17, 15) is 4.79 Å². The number of hydrogen-bond donors (Lipinski definition) is 0. The molecular weight excluding hydrogens is 220 g/mol. The first-order valence-electron chi connectivity index (χ1n) is 6.39. The molecule has 0 atom stereocenters. The van der Waals surface area contributed by atoms with Crippen LogP contribution in [0.4, 0.5) is 0 Å². The zero-order valence-electron chi connectivity index (χ0n) is 10.7. The van der Waals surface area contributed by atoms with E-state index in [0.29, 0.717) is 0 Å². The van der Waals surface area contributed by atoms with Crippen molar-refractivity contribution >= 4 is 5.78 Å². The lowest BCUT2D eigenvalue weighted by atomic mass is 10.0. The number of carbonyl (C=O) groups excluding carboxylic acids is 1. The average Bonchev–Trinajstić information content (AvgIpc) is 2.40. The summed E-state index contributed by atoms with van der Waals surface area (Å²) in [7, 11) is 0. The Bertz CT molecular complexity index is 514. The van der Waals surface area contributed by atoms with Gasteiger partial charge >= 0.3 is 0 Å². The minimum absolute atomic E-state index is 0.139. The first-order chi connectivity index (χ1) is 8.75. The van der Waals surface area contributed by atoms with Gasteiger partial charge in [0.2, 0.25) is 0 Å². The molecule has 0 N–H and O–H groups in total. The highest BCUT2D eigenvalue weighted by Gasteiger charge is 2.00. The van der Waals surface area contributed by atoms with Gasteiger partial charge in [-0.2, -0.15) is 0 Å². The fraction of sp³-hybridized carbons (Fsp3) is 0.235. The first kappa shape index (κ1) is 12.6. The maximum atomic E-state index is 11.3. The molecule has 2 aromatic carbocycles. The summed E-state index contributed by atoms with van der Waals surface area (Å²) in [5, 5.41) is 0. The van der Waals surface area contributed by atoms with E-state index in [4.69, 9.17) is 0 Å². The fourth-order valence-corrected chi connectivity index (χ4v) is 2.09. The highest BCUT2D eigenvalue weighted by molar-refractivity contribution is 5.94. The standard InChI is InChI=1S/C17H18O/c1-14(18)17-12-6-11-16(13-17)10-5-9-15-7-3-2-4-8-15/h2-4,6-8,11-13H,5,9-10H2,1H3. The van der Waals surface area contributed by atoms with Crippen LogP contribution in [0.1, 0.15) is 34.8 Å². The van der Waals surface area contributed by atoms with Crippen LogP contribution in [0, 0.1) is 0 Å². The van der Waals surface area contributed by atoms with E-state index in [-0.39, 0.29) is 5.78 Å². The number of hydrogen-bond acceptors (Lipinski definition) is 1. The van der Waals surface area contributed by atoms with Crippen LogP contribution in [0.3, 0.4) is 0 Å². The Morgan fingerprint density at radius 2 is 1.56 bits per heavy atom. The molecule has 0 fully saturated rings. The van der Waals surface area contributed by atoms with E-state index < -0.39 is 0 Å². The Labute approximate surface area is 108 Å². The Morgan fingerprint density at radius 3 is 2.28 bits per heavy atom. The van der Waals surface area contributed by atoms with Gasteiger partial charge in [0.05, 0.1) is 0 Å². The Hall–Kier alpha value is -1.89. The van der Waals surface area contributed by atoms with E-state index >= 15 is 0 Å². The van der Waals surface area contributed by atoms with Crippen LogP contribution in [0.5, 0.6) is 0 Å². The molecule has 0 bridgehead atoms. The number of ketones is 1. The Kier molecular flexibility index (Phi) is 4.30. The van der Waals surface area contributed by atoms with Crippen molar-refractivity contribution in [2.24, 2.45) is 0 Å². The molecule has 2 aromatic rings. The van der Waals surface area contributed by atoms with Crippen molar-refractivity contribution in [1.29, 1.82) is 0 Å². The molecule has 0 radical (unpaired) electrons. The highest BCUT2D eigenvalue weighted by atomic mass is 16.1. The van der Waals surface area contributed by atoms with Crippen molar-refractivity contribution in [3.8, 4) is 0 Å². The van der Waals surface area contributed by atoms with Crippen LogP contribution in [-0.4, -0.2) is 5.78 Å². The van der Waals surface area contributed by atoms with Crippen molar-refractivity contribution in [2.45, 2.75) is 26.2 Å². The van der Waals surface area contributed by atoms with Gasteiger partial charge in [0, 0.05) is 5.56 Å². The number of aryl methyl sites for hydroxylation is 2. The summed E-state index contributed by atoms with van der Waals surface area (Å²) >= 11 is 0. The maximum absolute atomic E-state index is 11.3. The SMILES string of the molecule is CC(=O)c1cccc(CCCc2ccccc2)c1. The molecule has 0 amide bonds. The third-order valence-corrected chi connectivity index (χ3v) is 3.11. The van der Waals surface area contributed by atoms with Gasteiger partial charge in [-0.15, -0.1) is 0 Å². The molecule has 0 unspecified atom stereocenters. The number of benzene rings is 2. The molecule has 0 aliphatic carbocycles. The molecule has 0 aromatic heterocycles. The van der Waals surface area contributed by atoms with E-state index in [1.165, 1.54) is 11.1 Å². The van der Waals surface area contributed by atoms with Crippen LogP contribution in [0.25, 0.3) is 0 Å². The van der Waals surface area contributed by atoms with Crippen LogP contribution in [0.15, 0.2) is 54.6 Å². The Morgan fingerprint density at radius 1 is 0.889 bits per heavy atom. The van der Waals surface area contributed by atoms with Crippen molar-refractivity contribution in [2.75, 3.05) is 0 Å². The summed E-state index contributed by atoms with van der Waals surface area (Å²) < 4.78 is 0. The third-order valence-electron chi connectivity index (χ3n) is 3.11. The predicted molar refractivity (Wildman–Crippen MR) is 74.9 cm³/mol. The second-order valence-corrected chi connectivity index (χ2v) is 4.60. The largest absolute Gasteiger partial charge is 0.295 e. The molecule has 0 heterocycles. The molecule has 2 rings (SSSR count). The number of carbonyl (C=O) groups is 1. The molecule has 0 aliphatic rings. The van der Waals surface area contributed by atoms with Crippen LogP contribution < -0.4 is 0 Å². The summed E-state index contributed by atoms with van der Waals surface area (Å²) in [6.45, 7) is 1.61. The molecule has 0 saturated carbocycles. The van der Waals surface area contributed by atoms with Gasteiger partial charge in [-0.3, -0.25) is 4.79 Å². The van der Waals surface area contributed by atoms with Crippen molar-refractivity contribution in [3.05, 3.63) is 71.3 Å². The van der Waals surface area contributed by atoms with Gasteiger partial charge in [-0.05, 0) is 43.4 Å². The summed E-state index contributed by atoms with van der Waals surface area (Å²) in [5.74, 6) is 0.139. The quantitative estimate of drug-likeness (QED) is 0.718. The second-order valence-electron chi connectivity index (χ2n) is 4.60. The molecule has 0 saturated heterocycles. The van der Waals surface area contributed by atoms with Crippen molar-refractivity contribution in [3.63, 3.8) is 0 Å². The topological polar surface area (TPSA) is 17.1 Å². The zero-order chi connectivity index (χ0) is 12.8. The van der Waals surface area contributed by atoms with Crippen LogP contribution in [-0.2, 0) is 12.8 Å². The van der Waals surface area contributed by atoms with E-state index in [1.54, 1.807) is 6.92 Å². The summed E-state index contributed by atoms with van der Waals surface area (Å²) in [6.07, 6.45) is 3.23. The molecule has 92 valence electrons. The van der Waals surface area contributed by atoms with Gasteiger partial charge in [-0.25, -0.2) is 0 Å². The van der Waals surface area contributed by atoms with Gasteiger partial charge in [-0.1, -0.05) is 48.5 Å². The predicted octanol–water partition coefficient (Wildman–Crippen LogP) is 4.06. The summed E-state index contributed by atoms with van der Waals surface area (Å²) in [4.78, 5) is 11.3. The lowest BCUT2D eigenvalue weighted by molar-refractivity contribution is 0.101. The van der Waals surface area contributed by atoms with E-state index in [1.807, 2.05) is 24.3 Å². The molecule has 0 aliphatic heterocycles. The third kappa shape index (κ3) is 3.56. The number of rotatable bonds is 5. The maximum Gasteiger partial charge on any atom is 0.159 e. The summed E-state index contributed by atoms with van der Waals surface area (Å²) in [6, 6.07) is 18.5. The molecule has 0 spiro atoms. The monoisotopic (exact) mass is 238 g/mol. The van der Waals surface area contributed by atoms with E-state index in [2.05, 4.69) is 30.3 Å². The fourth-order valence-electron chi connectivity index (χ4n) is 2.09. The summed E-state index contributed by atoms with van der Waals surface area (Å²) in [5.41, 5.74) is 3.44. The molecular formula is C17H18O. The van der Waals surface area contributed by atoms with Gasteiger partial charge in [0.1, 0.15) is 0 Å². The van der Waals surface area contributed by atoms with Crippen LogP contribution >= 0.6 is 0 Å². The number of Topliss-reactive ketones (excluding diaryl/α,β-unsaturated/α-hetero) is 1.